The van der Waals surface area contributed by atoms with Crippen molar-refractivity contribution < 1.29 is 0 Å². The molecule has 1 N–H and O–H groups in total. The molecule has 1 unspecified atom stereocenters. The van der Waals surface area contributed by atoms with Gasteiger partial charge in [0.2, 0.25) is 5.95 Å². The van der Waals surface area contributed by atoms with E-state index < -0.39 is 0 Å². The van der Waals surface area contributed by atoms with Crippen LogP contribution >= 0.6 is 0 Å². The Bertz CT molecular complexity index is 564. The van der Waals surface area contributed by atoms with Crippen molar-refractivity contribution in [3.05, 3.63) is 48.0 Å². The van der Waals surface area contributed by atoms with Crippen LogP contribution in [0.2, 0.25) is 0 Å². The average Bonchev–Trinajstić information content (AvgIpc) is 3.08. The van der Waals surface area contributed by atoms with Gasteiger partial charge in [0.05, 0.1) is 11.7 Å². The number of hydrogen-bond donors (Lipinski definition) is 1. The fourth-order valence-corrected chi connectivity index (χ4v) is 3.01. The number of pyridine rings is 1. The van der Waals surface area contributed by atoms with E-state index in [4.69, 9.17) is 4.98 Å². The number of nitrogens with zero attached hydrogens (tertiary/aromatic N) is 3. The molecule has 1 aliphatic carbocycles. The Hall–Kier alpha value is -1.97. The number of nitrogens with one attached hydrogen (secondary N) is 1. The molecule has 4 heteroatoms. The highest BCUT2D eigenvalue weighted by molar-refractivity contribution is 5.30. The standard InChI is InChI=1S/C17H22N4/c1-2-14(16-9-5-6-11-18-16)20-17-19-12-10-15(21-17)13-7-3-4-8-13/h5-6,9-14H,2-4,7-8H2,1H3,(H,19,20,21). The summed E-state index contributed by atoms with van der Waals surface area (Å²) in [7, 11) is 0. The molecule has 21 heavy (non-hydrogen) atoms. The van der Waals surface area contributed by atoms with Gasteiger partial charge in [-0.05, 0) is 37.5 Å². The molecule has 0 radical (unpaired) electrons. The van der Waals surface area contributed by atoms with Crippen molar-refractivity contribution in [3.8, 4) is 0 Å². The minimum Gasteiger partial charge on any atom is -0.346 e. The lowest BCUT2D eigenvalue weighted by Crippen LogP contribution is -2.14. The topological polar surface area (TPSA) is 50.7 Å². The summed E-state index contributed by atoms with van der Waals surface area (Å²) in [5, 5.41) is 3.42. The second kappa shape index (κ2) is 6.66. The van der Waals surface area contributed by atoms with Gasteiger partial charge in [-0.3, -0.25) is 4.98 Å². The van der Waals surface area contributed by atoms with Crippen molar-refractivity contribution >= 4 is 5.95 Å². The fraction of sp³-hybridized carbons (Fsp3) is 0.471. The SMILES string of the molecule is CCC(Nc1nccc(C2CCCC2)n1)c1ccccn1. The van der Waals surface area contributed by atoms with Gasteiger partial charge < -0.3 is 5.32 Å². The molecule has 3 rings (SSSR count). The molecule has 1 aliphatic rings. The van der Waals surface area contributed by atoms with E-state index in [1.165, 1.54) is 31.4 Å². The lowest BCUT2D eigenvalue weighted by molar-refractivity contribution is 0.682. The number of hydrogen-bond acceptors (Lipinski definition) is 4. The van der Waals surface area contributed by atoms with Gasteiger partial charge in [-0.25, -0.2) is 9.97 Å². The van der Waals surface area contributed by atoms with E-state index in [0.717, 1.165) is 18.1 Å². The summed E-state index contributed by atoms with van der Waals surface area (Å²) in [6.07, 6.45) is 9.81. The molecule has 0 aromatic carbocycles. The molecule has 110 valence electrons. The Morgan fingerprint density at radius 3 is 2.71 bits per heavy atom. The average molecular weight is 282 g/mol. The van der Waals surface area contributed by atoms with Crippen molar-refractivity contribution in [2.45, 2.75) is 51.0 Å². The maximum absolute atomic E-state index is 4.72. The summed E-state index contributed by atoms with van der Waals surface area (Å²) < 4.78 is 0. The first-order chi connectivity index (χ1) is 10.4. The van der Waals surface area contributed by atoms with Crippen molar-refractivity contribution in [2.24, 2.45) is 0 Å². The van der Waals surface area contributed by atoms with Crippen molar-refractivity contribution in [1.29, 1.82) is 0 Å². The van der Waals surface area contributed by atoms with Crippen LogP contribution < -0.4 is 5.32 Å². The molecule has 1 saturated carbocycles. The molecule has 2 aromatic heterocycles. The van der Waals surface area contributed by atoms with Gasteiger partial charge in [0.25, 0.3) is 0 Å². The van der Waals surface area contributed by atoms with Crippen LogP contribution in [-0.2, 0) is 0 Å². The van der Waals surface area contributed by atoms with Gasteiger partial charge in [0.1, 0.15) is 0 Å². The summed E-state index contributed by atoms with van der Waals surface area (Å²) in [6.45, 7) is 2.15. The largest absolute Gasteiger partial charge is 0.346 e. The minimum atomic E-state index is 0.157. The first-order valence-electron chi connectivity index (χ1n) is 7.87. The van der Waals surface area contributed by atoms with E-state index in [0.29, 0.717) is 5.92 Å². The highest BCUT2D eigenvalue weighted by Gasteiger charge is 2.19. The molecule has 0 amide bonds. The lowest BCUT2D eigenvalue weighted by atomic mass is 10.0. The third kappa shape index (κ3) is 3.38. The van der Waals surface area contributed by atoms with Crippen LogP contribution in [0.25, 0.3) is 0 Å². The zero-order valence-corrected chi connectivity index (χ0v) is 12.5. The smallest absolute Gasteiger partial charge is 0.223 e. The fourth-order valence-electron chi connectivity index (χ4n) is 3.01. The number of anilines is 1. The van der Waals surface area contributed by atoms with E-state index in [1.54, 1.807) is 0 Å². The summed E-state index contributed by atoms with van der Waals surface area (Å²) in [6, 6.07) is 8.21. The third-order valence-corrected chi connectivity index (χ3v) is 4.21. The molecule has 4 nitrogen and oxygen atoms in total. The molecule has 0 aliphatic heterocycles. The molecule has 2 heterocycles. The van der Waals surface area contributed by atoms with Gasteiger partial charge in [0, 0.05) is 24.0 Å². The highest BCUT2D eigenvalue weighted by Crippen LogP contribution is 2.33. The first kappa shape index (κ1) is 14.0. The summed E-state index contributed by atoms with van der Waals surface area (Å²) in [5.74, 6) is 1.33. The van der Waals surface area contributed by atoms with Gasteiger partial charge in [-0.1, -0.05) is 25.8 Å². The molecule has 1 fully saturated rings. The molecule has 1 atom stereocenters. The molecule has 0 spiro atoms. The predicted octanol–water partition coefficient (Wildman–Crippen LogP) is 4.09. The molecule has 0 saturated heterocycles. The summed E-state index contributed by atoms with van der Waals surface area (Å²) >= 11 is 0. The number of rotatable bonds is 5. The second-order valence-corrected chi connectivity index (χ2v) is 5.65. The Morgan fingerprint density at radius 2 is 2.00 bits per heavy atom. The van der Waals surface area contributed by atoms with Crippen LogP contribution in [0, 0.1) is 0 Å². The molecule has 2 aromatic rings. The Morgan fingerprint density at radius 1 is 1.14 bits per heavy atom. The minimum absolute atomic E-state index is 0.157. The van der Waals surface area contributed by atoms with Gasteiger partial charge in [-0.15, -0.1) is 0 Å². The highest BCUT2D eigenvalue weighted by atomic mass is 15.1. The van der Waals surface area contributed by atoms with E-state index >= 15 is 0 Å². The van der Waals surface area contributed by atoms with E-state index in [9.17, 15) is 0 Å². The third-order valence-electron chi connectivity index (χ3n) is 4.21. The van der Waals surface area contributed by atoms with Crippen LogP contribution in [0.3, 0.4) is 0 Å². The normalized spacial score (nSPS) is 16.8. The Labute approximate surface area is 126 Å². The molecule has 0 bridgehead atoms. The number of aromatic nitrogens is 3. The Kier molecular flexibility index (Phi) is 4.43. The van der Waals surface area contributed by atoms with E-state index in [2.05, 4.69) is 28.3 Å². The van der Waals surface area contributed by atoms with Crippen molar-refractivity contribution in [1.82, 2.24) is 15.0 Å². The van der Waals surface area contributed by atoms with Crippen molar-refractivity contribution in [2.75, 3.05) is 5.32 Å². The van der Waals surface area contributed by atoms with Crippen LogP contribution in [0.1, 0.15) is 62.4 Å². The maximum Gasteiger partial charge on any atom is 0.223 e. The zero-order chi connectivity index (χ0) is 14.5. The second-order valence-electron chi connectivity index (χ2n) is 5.65. The van der Waals surface area contributed by atoms with Gasteiger partial charge >= 0.3 is 0 Å². The predicted molar refractivity (Wildman–Crippen MR) is 84.1 cm³/mol. The van der Waals surface area contributed by atoms with Crippen LogP contribution in [-0.4, -0.2) is 15.0 Å². The van der Waals surface area contributed by atoms with Crippen LogP contribution in [0.15, 0.2) is 36.7 Å². The van der Waals surface area contributed by atoms with Gasteiger partial charge in [-0.2, -0.15) is 0 Å². The molecular formula is C17H22N4. The summed E-state index contributed by atoms with van der Waals surface area (Å²) in [5.41, 5.74) is 2.22. The zero-order valence-electron chi connectivity index (χ0n) is 12.5. The first-order valence-corrected chi connectivity index (χ1v) is 7.87. The summed E-state index contributed by atoms with van der Waals surface area (Å²) in [4.78, 5) is 13.5. The van der Waals surface area contributed by atoms with Crippen LogP contribution in [0.4, 0.5) is 5.95 Å². The quantitative estimate of drug-likeness (QED) is 0.897. The van der Waals surface area contributed by atoms with Gasteiger partial charge in [0.15, 0.2) is 0 Å². The van der Waals surface area contributed by atoms with Crippen LogP contribution in [0.5, 0.6) is 0 Å². The monoisotopic (exact) mass is 282 g/mol. The van der Waals surface area contributed by atoms with Crippen molar-refractivity contribution in [3.63, 3.8) is 0 Å². The van der Waals surface area contributed by atoms with E-state index in [-0.39, 0.29) is 6.04 Å². The Balaban J connectivity index is 1.75. The molecular weight excluding hydrogens is 260 g/mol. The maximum atomic E-state index is 4.72. The lowest BCUT2D eigenvalue weighted by Gasteiger charge is -2.17. The van der Waals surface area contributed by atoms with E-state index in [1.807, 2.05) is 30.6 Å².